The Balaban J connectivity index is 1.14. The van der Waals surface area contributed by atoms with Crippen LogP contribution in [0.15, 0.2) is 67.0 Å². The van der Waals surface area contributed by atoms with Crippen LogP contribution in [0.25, 0.3) is 0 Å². The van der Waals surface area contributed by atoms with Gasteiger partial charge in [-0.05, 0) is 54.8 Å². The van der Waals surface area contributed by atoms with Crippen LogP contribution in [-0.4, -0.2) is 30.8 Å². The maximum Gasteiger partial charge on any atom is 0.231 e. The van der Waals surface area contributed by atoms with Crippen molar-refractivity contribution in [3.05, 3.63) is 72.6 Å². The molecule has 0 saturated carbocycles. The summed E-state index contributed by atoms with van der Waals surface area (Å²) in [7, 11) is 0. The summed E-state index contributed by atoms with van der Waals surface area (Å²) in [5.41, 5.74) is 2.89. The minimum atomic E-state index is 0.00583. The number of fused-ring (bicyclic) bond motifs is 1. The van der Waals surface area contributed by atoms with Gasteiger partial charge in [0.15, 0.2) is 11.5 Å². The summed E-state index contributed by atoms with van der Waals surface area (Å²) >= 11 is 0. The van der Waals surface area contributed by atoms with Crippen molar-refractivity contribution in [1.29, 1.82) is 0 Å². The first-order chi connectivity index (χ1) is 15.7. The molecule has 1 saturated heterocycles. The van der Waals surface area contributed by atoms with Gasteiger partial charge in [-0.2, -0.15) is 0 Å². The molecule has 2 aliphatic rings. The number of anilines is 2. The number of carbonyl (C=O) groups is 1. The molecule has 5 rings (SSSR count). The van der Waals surface area contributed by atoms with Crippen LogP contribution < -0.4 is 24.4 Å². The summed E-state index contributed by atoms with van der Waals surface area (Å²) in [6.07, 6.45) is 5.26. The van der Waals surface area contributed by atoms with Crippen molar-refractivity contribution in [1.82, 2.24) is 4.98 Å². The topological polar surface area (TPSA) is 72.9 Å². The van der Waals surface area contributed by atoms with E-state index in [9.17, 15) is 4.79 Å². The summed E-state index contributed by atoms with van der Waals surface area (Å²) in [5, 5.41) is 3.05. The van der Waals surface area contributed by atoms with E-state index in [-0.39, 0.29) is 18.6 Å². The van der Waals surface area contributed by atoms with Crippen LogP contribution in [-0.2, 0) is 11.4 Å². The van der Waals surface area contributed by atoms with Gasteiger partial charge in [-0.15, -0.1) is 0 Å². The highest BCUT2D eigenvalue weighted by molar-refractivity contribution is 5.92. The van der Waals surface area contributed by atoms with Crippen LogP contribution in [0.1, 0.15) is 18.4 Å². The molecule has 1 fully saturated rings. The van der Waals surface area contributed by atoms with Crippen molar-refractivity contribution >= 4 is 17.3 Å². The number of pyridine rings is 1. The summed E-state index contributed by atoms with van der Waals surface area (Å²) in [6, 6.07) is 17.3. The highest BCUT2D eigenvalue weighted by Crippen LogP contribution is 2.33. The highest BCUT2D eigenvalue weighted by atomic mass is 16.7. The predicted molar refractivity (Wildman–Crippen MR) is 121 cm³/mol. The van der Waals surface area contributed by atoms with E-state index in [0.29, 0.717) is 12.4 Å². The average molecular weight is 431 g/mol. The Labute approximate surface area is 186 Å². The molecule has 3 aromatic rings. The quantitative estimate of drug-likeness (QED) is 0.629. The number of aromatic nitrogens is 1. The summed E-state index contributed by atoms with van der Waals surface area (Å²) in [6.45, 7) is 2.38. The number of nitrogens with zero attached hydrogens (tertiary/aromatic N) is 2. The minimum Gasteiger partial charge on any atom is -0.489 e. The van der Waals surface area contributed by atoms with E-state index in [2.05, 4.69) is 15.2 Å². The van der Waals surface area contributed by atoms with Crippen LogP contribution >= 0.6 is 0 Å². The minimum absolute atomic E-state index is 0.00583. The lowest BCUT2D eigenvalue weighted by Gasteiger charge is -2.32. The molecule has 7 heteroatoms. The molecule has 1 amide bonds. The lowest BCUT2D eigenvalue weighted by molar-refractivity contribution is -0.120. The second-order valence-electron chi connectivity index (χ2n) is 7.96. The molecule has 32 heavy (non-hydrogen) atoms. The van der Waals surface area contributed by atoms with Crippen LogP contribution in [0.5, 0.6) is 17.2 Å². The fourth-order valence-electron chi connectivity index (χ4n) is 4.06. The zero-order valence-electron chi connectivity index (χ0n) is 17.7. The number of benzene rings is 2. The van der Waals surface area contributed by atoms with Gasteiger partial charge >= 0.3 is 0 Å². The van der Waals surface area contributed by atoms with Crippen LogP contribution in [0, 0.1) is 5.92 Å². The van der Waals surface area contributed by atoms with Crippen LogP contribution in [0.2, 0.25) is 0 Å². The molecule has 0 atom stereocenters. The van der Waals surface area contributed by atoms with Crippen molar-refractivity contribution in [2.45, 2.75) is 19.4 Å². The van der Waals surface area contributed by atoms with E-state index in [4.69, 9.17) is 14.2 Å². The molecule has 0 radical (unpaired) electrons. The Morgan fingerprint density at radius 2 is 1.84 bits per heavy atom. The van der Waals surface area contributed by atoms with Gasteiger partial charge in [-0.25, -0.2) is 0 Å². The third-order valence-corrected chi connectivity index (χ3v) is 5.84. The van der Waals surface area contributed by atoms with E-state index in [0.717, 1.165) is 54.4 Å². The third kappa shape index (κ3) is 4.61. The molecule has 0 unspecified atom stereocenters. The van der Waals surface area contributed by atoms with Crippen molar-refractivity contribution in [3.63, 3.8) is 0 Å². The zero-order valence-corrected chi connectivity index (χ0v) is 17.7. The fourth-order valence-corrected chi connectivity index (χ4v) is 4.06. The number of nitrogens with one attached hydrogen (secondary N) is 1. The number of ether oxygens (including phenoxy) is 3. The number of hydrogen-bond donors (Lipinski definition) is 1. The normalized spacial score (nSPS) is 15.4. The molecule has 0 aliphatic carbocycles. The number of hydrogen-bond acceptors (Lipinski definition) is 6. The lowest BCUT2D eigenvalue weighted by atomic mass is 9.95. The largest absolute Gasteiger partial charge is 0.489 e. The molecule has 1 N–H and O–H groups in total. The fraction of sp³-hybridized carbons (Fsp3) is 0.280. The van der Waals surface area contributed by atoms with Gasteiger partial charge in [-0.3, -0.25) is 9.78 Å². The Hall–Kier alpha value is -3.74. The lowest BCUT2D eigenvalue weighted by Crippen LogP contribution is -2.38. The van der Waals surface area contributed by atoms with Crippen LogP contribution in [0.3, 0.4) is 0 Å². The smallest absolute Gasteiger partial charge is 0.231 e. The van der Waals surface area contributed by atoms with E-state index in [1.807, 2.05) is 54.6 Å². The van der Waals surface area contributed by atoms with Crippen molar-refractivity contribution in [2.75, 3.05) is 30.1 Å². The number of rotatable bonds is 6. The van der Waals surface area contributed by atoms with E-state index in [1.165, 1.54) is 0 Å². The molecule has 3 heterocycles. The van der Waals surface area contributed by atoms with Gasteiger partial charge in [0.05, 0.1) is 0 Å². The maximum absolute atomic E-state index is 12.8. The average Bonchev–Trinajstić information content (AvgIpc) is 3.32. The first-order valence-corrected chi connectivity index (χ1v) is 10.8. The van der Waals surface area contributed by atoms with Gasteiger partial charge in [-0.1, -0.05) is 12.1 Å². The summed E-state index contributed by atoms with van der Waals surface area (Å²) < 4.78 is 16.7. The molecule has 164 valence electrons. The first kappa shape index (κ1) is 20.2. The van der Waals surface area contributed by atoms with E-state index < -0.39 is 0 Å². The number of amides is 1. The molecule has 2 aliphatic heterocycles. The molecule has 7 nitrogen and oxygen atoms in total. The Morgan fingerprint density at radius 1 is 1.03 bits per heavy atom. The molecule has 0 spiro atoms. The first-order valence-electron chi connectivity index (χ1n) is 10.8. The second kappa shape index (κ2) is 9.18. The molecule has 0 bridgehead atoms. The van der Waals surface area contributed by atoms with Gasteiger partial charge in [0, 0.05) is 48.8 Å². The molecule has 1 aromatic heterocycles. The number of piperidine rings is 1. The number of carbonyl (C=O) groups excluding carboxylic acids is 1. The molecular formula is C25H25N3O4. The highest BCUT2D eigenvalue weighted by Gasteiger charge is 2.25. The van der Waals surface area contributed by atoms with E-state index >= 15 is 0 Å². The zero-order chi connectivity index (χ0) is 21.8. The third-order valence-electron chi connectivity index (χ3n) is 5.84. The maximum atomic E-state index is 12.8. The Kier molecular flexibility index (Phi) is 5.79. The van der Waals surface area contributed by atoms with Crippen molar-refractivity contribution in [3.8, 4) is 17.2 Å². The second-order valence-corrected chi connectivity index (χ2v) is 7.96. The SMILES string of the molecule is O=C(Nc1cccc(OCc2ccc3c(c2)OCO3)c1)C1CCN(c2ccncc2)CC1. The Morgan fingerprint density at radius 3 is 2.69 bits per heavy atom. The van der Waals surface area contributed by atoms with E-state index in [1.54, 1.807) is 12.4 Å². The van der Waals surface area contributed by atoms with Crippen LogP contribution in [0.4, 0.5) is 11.4 Å². The van der Waals surface area contributed by atoms with Gasteiger partial charge in [0.2, 0.25) is 12.7 Å². The van der Waals surface area contributed by atoms with Crippen molar-refractivity contribution < 1.29 is 19.0 Å². The van der Waals surface area contributed by atoms with Gasteiger partial charge in [0.25, 0.3) is 0 Å². The van der Waals surface area contributed by atoms with Gasteiger partial charge < -0.3 is 24.4 Å². The van der Waals surface area contributed by atoms with Gasteiger partial charge in [0.1, 0.15) is 12.4 Å². The summed E-state index contributed by atoms with van der Waals surface area (Å²) in [5.74, 6) is 2.26. The standard InChI is InChI=1S/C25H25N3O4/c29-25(19-8-12-28(13-9-19)21-6-10-26-11-7-21)27-20-2-1-3-22(15-20)30-16-18-4-5-23-24(14-18)32-17-31-23/h1-7,10-11,14-15,19H,8-9,12-13,16-17H2,(H,27,29). The molecular weight excluding hydrogens is 406 g/mol. The predicted octanol–water partition coefficient (Wildman–Crippen LogP) is 4.24. The van der Waals surface area contributed by atoms with Crippen molar-refractivity contribution in [2.24, 2.45) is 5.92 Å². The monoisotopic (exact) mass is 431 g/mol. The summed E-state index contributed by atoms with van der Waals surface area (Å²) in [4.78, 5) is 19.2. The molecule has 2 aromatic carbocycles. The Bertz CT molecular complexity index is 1080.